The highest BCUT2D eigenvalue weighted by Gasteiger charge is 2.30. The van der Waals surface area contributed by atoms with Crippen molar-refractivity contribution in [2.75, 3.05) is 23.9 Å². The zero-order valence-electron chi connectivity index (χ0n) is 18.9. The van der Waals surface area contributed by atoms with Crippen LogP contribution in [0.2, 0.25) is 0 Å². The average Bonchev–Trinajstić information content (AvgIpc) is 2.64. The van der Waals surface area contributed by atoms with Gasteiger partial charge in [0.1, 0.15) is 11.5 Å². The second kappa shape index (κ2) is 6.41. The third-order valence-electron chi connectivity index (χ3n) is 6.61. The fourth-order valence-corrected chi connectivity index (χ4v) is 4.54. The van der Waals surface area contributed by atoms with Gasteiger partial charge in [-0.25, -0.2) is 0 Å². The number of rotatable bonds is 2. The van der Waals surface area contributed by atoms with Crippen molar-refractivity contribution in [2.24, 2.45) is 0 Å². The molecule has 2 aliphatic heterocycles. The van der Waals surface area contributed by atoms with Crippen LogP contribution in [0.1, 0.15) is 52.7 Å². The predicted octanol–water partition coefficient (Wildman–Crippen LogP) is 6.74. The molecule has 0 saturated heterocycles. The summed E-state index contributed by atoms with van der Waals surface area (Å²) in [5.74, 6) is 1.73. The Morgan fingerprint density at radius 2 is 1.03 bits per heavy atom. The van der Waals surface area contributed by atoms with E-state index < -0.39 is 0 Å². The summed E-state index contributed by atoms with van der Waals surface area (Å²) in [4.78, 5) is 4.64. The lowest BCUT2D eigenvalue weighted by Gasteiger charge is -2.41. The number of hydrogen-bond donors (Lipinski definition) is 0. The second-order valence-corrected chi connectivity index (χ2v) is 9.54. The fourth-order valence-electron chi connectivity index (χ4n) is 4.54. The number of ether oxygens (including phenoxy) is 1. The van der Waals surface area contributed by atoms with Crippen LogP contribution in [-0.4, -0.2) is 25.2 Å². The largest absolute Gasteiger partial charge is 0.457 e. The van der Waals surface area contributed by atoms with Gasteiger partial charge in [-0.1, -0.05) is 12.2 Å². The molecule has 0 aliphatic carbocycles. The molecule has 0 atom stereocenters. The summed E-state index contributed by atoms with van der Waals surface area (Å²) in [7, 11) is 4.30. The number of hydrogen-bond acceptors (Lipinski definition) is 3. The minimum Gasteiger partial charge on any atom is -0.457 e. The third-order valence-corrected chi connectivity index (χ3v) is 6.61. The van der Waals surface area contributed by atoms with E-state index in [0.717, 1.165) is 11.5 Å². The zero-order valence-corrected chi connectivity index (χ0v) is 18.9. The Hall–Kier alpha value is -2.68. The highest BCUT2D eigenvalue weighted by molar-refractivity contribution is 5.83. The summed E-state index contributed by atoms with van der Waals surface area (Å²) in [6, 6.07) is 12.8. The Morgan fingerprint density at radius 3 is 1.41 bits per heavy atom. The molecule has 0 radical (unpaired) electrons. The lowest BCUT2D eigenvalue weighted by molar-refractivity contribution is 0.481. The Balaban J connectivity index is 1.69. The summed E-state index contributed by atoms with van der Waals surface area (Å²) in [6.07, 6.45) is 4.65. The van der Waals surface area contributed by atoms with Crippen molar-refractivity contribution < 1.29 is 4.74 Å². The van der Waals surface area contributed by atoms with E-state index in [0.29, 0.717) is 0 Å². The van der Waals surface area contributed by atoms with E-state index in [4.69, 9.17) is 4.74 Å². The van der Waals surface area contributed by atoms with Crippen molar-refractivity contribution in [2.45, 2.75) is 52.6 Å². The standard InChI is InChI=1S/C26H32N2O/c1-17-15-25(3,4)27(7)23-13-19(9-11-21(17)23)29-20-10-12-22-18(2)16-26(5,6)28(8)24(22)14-20/h9-16H,1-8H3. The second-order valence-electron chi connectivity index (χ2n) is 9.54. The van der Waals surface area contributed by atoms with E-state index in [1.807, 2.05) is 0 Å². The highest BCUT2D eigenvalue weighted by atomic mass is 16.5. The highest BCUT2D eigenvalue weighted by Crippen LogP contribution is 2.42. The molecule has 152 valence electrons. The summed E-state index contributed by atoms with van der Waals surface area (Å²) in [5, 5.41) is 0. The Morgan fingerprint density at radius 1 is 0.655 bits per heavy atom. The minimum absolute atomic E-state index is 0.0142. The lowest BCUT2D eigenvalue weighted by Crippen LogP contribution is -2.42. The van der Waals surface area contributed by atoms with Crippen LogP contribution in [0.15, 0.2) is 48.6 Å². The molecule has 2 heterocycles. The molecule has 0 spiro atoms. The molecule has 2 aliphatic rings. The van der Waals surface area contributed by atoms with Crippen LogP contribution in [0.25, 0.3) is 11.1 Å². The molecule has 2 aromatic carbocycles. The van der Waals surface area contributed by atoms with E-state index in [9.17, 15) is 0 Å². The van der Waals surface area contributed by atoms with E-state index >= 15 is 0 Å². The molecule has 0 saturated carbocycles. The van der Waals surface area contributed by atoms with Crippen LogP contribution in [0.3, 0.4) is 0 Å². The molecular weight excluding hydrogens is 356 g/mol. The van der Waals surface area contributed by atoms with Crippen LogP contribution in [0, 0.1) is 0 Å². The molecule has 0 aromatic heterocycles. The van der Waals surface area contributed by atoms with Crippen LogP contribution in [0.5, 0.6) is 11.5 Å². The average molecular weight is 389 g/mol. The van der Waals surface area contributed by atoms with Crippen molar-refractivity contribution in [3.63, 3.8) is 0 Å². The first-order valence-corrected chi connectivity index (χ1v) is 10.3. The molecule has 0 bridgehead atoms. The van der Waals surface area contributed by atoms with Crippen molar-refractivity contribution in [1.82, 2.24) is 0 Å². The summed E-state index contributed by atoms with van der Waals surface area (Å²) in [6.45, 7) is 13.3. The van der Waals surface area contributed by atoms with Crippen LogP contribution >= 0.6 is 0 Å². The predicted molar refractivity (Wildman–Crippen MR) is 125 cm³/mol. The minimum atomic E-state index is -0.0142. The van der Waals surface area contributed by atoms with Gasteiger partial charge in [0, 0.05) is 48.7 Å². The summed E-state index contributed by atoms with van der Waals surface area (Å²) in [5.41, 5.74) is 7.56. The number of nitrogens with zero attached hydrogens (tertiary/aromatic N) is 2. The van der Waals surface area contributed by atoms with E-state index in [1.54, 1.807) is 0 Å². The van der Waals surface area contributed by atoms with Crippen molar-refractivity contribution in [1.29, 1.82) is 0 Å². The van der Waals surface area contributed by atoms with Gasteiger partial charge in [-0.3, -0.25) is 0 Å². The smallest absolute Gasteiger partial charge is 0.129 e. The monoisotopic (exact) mass is 388 g/mol. The van der Waals surface area contributed by atoms with Gasteiger partial charge in [-0.05, 0) is 77.0 Å². The molecule has 0 unspecified atom stereocenters. The maximum atomic E-state index is 6.32. The number of anilines is 2. The quantitative estimate of drug-likeness (QED) is 0.566. The number of fused-ring (bicyclic) bond motifs is 2. The number of allylic oxidation sites excluding steroid dienone is 2. The Bertz CT molecular complexity index is 959. The molecule has 0 N–H and O–H groups in total. The van der Waals surface area contributed by atoms with Gasteiger partial charge in [-0.15, -0.1) is 0 Å². The summed E-state index contributed by atoms with van der Waals surface area (Å²) >= 11 is 0. The van der Waals surface area contributed by atoms with Gasteiger partial charge >= 0.3 is 0 Å². The van der Waals surface area contributed by atoms with Gasteiger partial charge in [0.25, 0.3) is 0 Å². The molecule has 29 heavy (non-hydrogen) atoms. The Kier molecular flexibility index (Phi) is 4.34. The maximum absolute atomic E-state index is 6.32. The first-order chi connectivity index (χ1) is 13.5. The first-order valence-electron chi connectivity index (χ1n) is 10.3. The van der Waals surface area contributed by atoms with E-state index in [-0.39, 0.29) is 11.1 Å². The van der Waals surface area contributed by atoms with Gasteiger partial charge in [-0.2, -0.15) is 0 Å². The lowest BCUT2D eigenvalue weighted by atomic mass is 9.89. The molecule has 2 aromatic rings. The van der Waals surface area contributed by atoms with Crippen molar-refractivity contribution in [3.05, 3.63) is 59.7 Å². The maximum Gasteiger partial charge on any atom is 0.129 e. The molecule has 3 nitrogen and oxygen atoms in total. The van der Waals surface area contributed by atoms with Gasteiger partial charge in [0.2, 0.25) is 0 Å². The molecule has 0 fully saturated rings. The van der Waals surface area contributed by atoms with Crippen LogP contribution in [0.4, 0.5) is 11.4 Å². The molecule has 4 rings (SSSR count). The van der Waals surface area contributed by atoms with E-state index in [2.05, 4.69) is 114 Å². The SMILES string of the molecule is CC1=CC(C)(C)N(C)c2cc(Oc3ccc4c(c3)N(C)C(C)(C)C=C4C)ccc21. The number of benzene rings is 2. The van der Waals surface area contributed by atoms with Crippen LogP contribution in [-0.2, 0) is 0 Å². The molecule has 3 heteroatoms. The Labute approximate surface area is 175 Å². The van der Waals surface area contributed by atoms with Crippen molar-refractivity contribution in [3.8, 4) is 11.5 Å². The van der Waals surface area contributed by atoms with Crippen molar-refractivity contribution >= 4 is 22.5 Å². The fraction of sp³-hybridized carbons (Fsp3) is 0.385. The number of likely N-dealkylation sites (N-methyl/N-ethyl adjacent to an activating group) is 2. The normalized spacial score (nSPS) is 19.2. The first kappa shape index (κ1) is 19.6. The molecule has 0 amide bonds. The van der Waals surface area contributed by atoms with Gasteiger partial charge in [0.15, 0.2) is 0 Å². The van der Waals surface area contributed by atoms with E-state index in [1.165, 1.54) is 33.6 Å². The summed E-state index contributed by atoms with van der Waals surface area (Å²) < 4.78 is 6.32. The third kappa shape index (κ3) is 3.23. The molecular formula is C26H32N2O. The van der Waals surface area contributed by atoms with Gasteiger partial charge in [0.05, 0.1) is 11.1 Å². The zero-order chi connectivity index (χ0) is 21.1. The van der Waals surface area contributed by atoms with Crippen LogP contribution < -0.4 is 14.5 Å². The van der Waals surface area contributed by atoms with Gasteiger partial charge < -0.3 is 14.5 Å². The topological polar surface area (TPSA) is 15.7 Å².